The van der Waals surface area contributed by atoms with Gasteiger partial charge >= 0.3 is 0 Å². The fraction of sp³-hybridized carbons (Fsp3) is 0.240. The van der Waals surface area contributed by atoms with Crippen LogP contribution >= 0.6 is 0 Å². The van der Waals surface area contributed by atoms with Crippen molar-refractivity contribution in [3.05, 3.63) is 89.5 Å². The molecule has 5 heteroatoms. The van der Waals surface area contributed by atoms with Crippen LogP contribution in [-0.4, -0.2) is 26.2 Å². The third kappa shape index (κ3) is 4.40. The first-order chi connectivity index (χ1) is 14.7. The van der Waals surface area contributed by atoms with E-state index in [0.717, 1.165) is 33.9 Å². The molecule has 2 atom stereocenters. The van der Waals surface area contributed by atoms with Crippen molar-refractivity contribution in [1.29, 1.82) is 0 Å². The molecule has 5 nitrogen and oxygen atoms in total. The number of hydrogen-bond acceptors (Lipinski definition) is 4. The summed E-state index contributed by atoms with van der Waals surface area (Å²) >= 11 is 0. The van der Waals surface area contributed by atoms with Crippen LogP contribution < -0.4 is 19.5 Å². The minimum atomic E-state index is -0.515. The average molecular weight is 403 g/mol. The third-order valence-electron chi connectivity index (χ3n) is 5.37. The Labute approximate surface area is 176 Å². The zero-order valence-corrected chi connectivity index (χ0v) is 17.1. The Kier molecular flexibility index (Phi) is 5.89. The number of fused-ring (bicyclic) bond motifs is 1. The molecule has 0 fully saturated rings. The van der Waals surface area contributed by atoms with Crippen LogP contribution in [0, 0.1) is 0 Å². The van der Waals surface area contributed by atoms with Crippen LogP contribution in [-0.2, 0) is 17.6 Å². The van der Waals surface area contributed by atoms with E-state index in [4.69, 9.17) is 14.2 Å². The fourth-order valence-corrected chi connectivity index (χ4v) is 3.68. The lowest BCUT2D eigenvalue weighted by atomic mass is 9.98. The molecule has 154 valence electrons. The summed E-state index contributed by atoms with van der Waals surface area (Å²) in [5.74, 6) is 2.26. The van der Waals surface area contributed by atoms with Crippen LogP contribution in [0.25, 0.3) is 0 Å². The molecule has 0 spiro atoms. The Morgan fingerprint density at radius 1 is 0.967 bits per heavy atom. The van der Waals surface area contributed by atoms with Gasteiger partial charge in [0.1, 0.15) is 17.2 Å². The molecule has 0 saturated carbocycles. The van der Waals surface area contributed by atoms with Crippen molar-refractivity contribution in [2.75, 3.05) is 14.2 Å². The second kappa shape index (κ2) is 8.91. The van der Waals surface area contributed by atoms with Gasteiger partial charge in [0.15, 0.2) is 6.10 Å². The topological polar surface area (TPSA) is 56.8 Å². The summed E-state index contributed by atoms with van der Waals surface area (Å²) in [6.45, 7) is 0. The zero-order chi connectivity index (χ0) is 20.9. The van der Waals surface area contributed by atoms with E-state index in [2.05, 4.69) is 5.32 Å². The van der Waals surface area contributed by atoms with Crippen molar-refractivity contribution in [2.24, 2.45) is 0 Å². The lowest BCUT2D eigenvalue weighted by molar-refractivity contribution is -0.128. The molecule has 0 bridgehead atoms. The Hall–Kier alpha value is -3.47. The Morgan fingerprint density at radius 3 is 2.23 bits per heavy atom. The van der Waals surface area contributed by atoms with Gasteiger partial charge in [-0.1, -0.05) is 42.5 Å². The highest BCUT2D eigenvalue weighted by Crippen LogP contribution is 2.29. The van der Waals surface area contributed by atoms with Gasteiger partial charge in [0.2, 0.25) is 0 Å². The highest BCUT2D eigenvalue weighted by Gasteiger charge is 2.30. The molecule has 0 unspecified atom stereocenters. The maximum Gasteiger partial charge on any atom is 0.261 e. The van der Waals surface area contributed by atoms with Crippen LogP contribution in [0.4, 0.5) is 0 Å². The minimum absolute atomic E-state index is 0.111. The quantitative estimate of drug-likeness (QED) is 0.645. The maximum absolute atomic E-state index is 13.0. The molecule has 0 aliphatic carbocycles. The largest absolute Gasteiger partial charge is 0.497 e. The van der Waals surface area contributed by atoms with Crippen molar-refractivity contribution in [3.63, 3.8) is 0 Å². The number of para-hydroxylation sites is 1. The van der Waals surface area contributed by atoms with E-state index >= 15 is 0 Å². The van der Waals surface area contributed by atoms with E-state index in [1.807, 2.05) is 72.8 Å². The van der Waals surface area contributed by atoms with Crippen molar-refractivity contribution in [3.8, 4) is 17.2 Å². The van der Waals surface area contributed by atoms with E-state index in [0.29, 0.717) is 12.8 Å². The normalized spacial score (nSPS) is 15.6. The summed E-state index contributed by atoms with van der Waals surface area (Å²) in [5, 5.41) is 3.19. The maximum atomic E-state index is 13.0. The smallest absolute Gasteiger partial charge is 0.261 e. The first kappa shape index (κ1) is 19.8. The van der Waals surface area contributed by atoms with E-state index in [-0.39, 0.29) is 11.9 Å². The zero-order valence-electron chi connectivity index (χ0n) is 17.1. The predicted octanol–water partition coefficient (Wildman–Crippen LogP) is 4.11. The summed E-state index contributed by atoms with van der Waals surface area (Å²) in [6.07, 6.45) is 0.723. The molecule has 1 aliphatic rings. The van der Waals surface area contributed by atoms with E-state index in [9.17, 15) is 4.79 Å². The van der Waals surface area contributed by atoms with Crippen LogP contribution in [0.3, 0.4) is 0 Å². The molecule has 0 aromatic heterocycles. The van der Waals surface area contributed by atoms with Crippen molar-refractivity contribution >= 4 is 5.91 Å². The number of methoxy groups -OCH3 is 2. The summed E-state index contributed by atoms with van der Waals surface area (Å²) in [5.41, 5.74) is 3.18. The van der Waals surface area contributed by atoms with Gasteiger partial charge in [-0.2, -0.15) is 0 Å². The average Bonchev–Trinajstić information content (AvgIpc) is 3.24. The first-order valence-corrected chi connectivity index (χ1v) is 9.98. The van der Waals surface area contributed by atoms with Gasteiger partial charge in [-0.25, -0.2) is 0 Å². The molecule has 3 aromatic carbocycles. The second-order valence-corrected chi connectivity index (χ2v) is 7.30. The van der Waals surface area contributed by atoms with Gasteiger partial charge in [0.25, 0.3) is 5.91 Å². The van der Waals surface area contributed by atoms with Gasteiger partial charge in [0.05, 0.1) is 20.3 Å². The van der Waals surface area contributed by atoms with E-state index in [1.54, 1.807) is 14.2 Å². The molecular weight excluding hydrogens is 378 g/mol. The van der Waals surface area contributed by atoms with Crippen molar-refractivity contribution in [2.45, 2.75) is 25.0 Å². The second-order valence-electron chi connectivity index (χ2n) is 7.30. The molecule has 0 radical (unpaired) electrons. The van der Waals surface area contributed by atoms with Crippen LogP contribution in [0.2, 0.25) is 0 Å². The molecule has 0 saturated heterocycles. The van der Waals surface area contributed by atoms with Crippen LogP contribution in [0.15, 0.2) is 72.8 Å². The molecule has 1 aliphatic heterocycles. The van der Waals surface area contributed by atoms with Crippen LogP contribution in [0.5, 0.6) is 17.2 Å². The van der Waals surface area contributed by atoms with Crippen molar-refractivity contribution in [1.82, 2.24) is 5.32 Å². The standard InChI is InChI=1S/C25H25NO4/c1-28-20-11-7-17(8-12-20)15-22(18-9-13-21(29-2)14-10-18)26-25(27)24-16-19-5-3-4-6-23(19)30-24/h3-14,22,24H,15-16H2,1-2H3,(H,26,27)/t22-,24+/m0/s1. The molecule has 3 aromatic rings. The Bertz CT molecular complexity index is 973. The van der Waals surface area contributed by atoms with E-state index in [1.165, 1.54) is 0 Å². The molecular formula is C25H25NO4. The number of rotatable bonds is 7. The number of carbonyl (C=O) groups is 1. The van der Waals surface area contributed by atoms with Gasteiger partial charge in [0, 0.05) is 6.42 Å². The van der Waals surface area contributed by atoms with Gasteiger partial charge in [-0.15, -0.1) is 0 Å². The number of amides is 1. The summed E-state index contributed by atoms with van der Waals surface area (Å²) in [7, 11) is 3.29. The van der Waals surface area contributed by atoms with E-state index < -0.39 is 6.10 Å². The molecule has 4 rings (SSSR count). The van der Waals surface area contributed by atoms with Gasteiger partial charge < -0.3 is 19.5 Å². The number of ether oxygens (including phenoxy) is 3. The Morgan fingerprint density at radius 2 is 1.60 bits per heavy atom. The van der Waals surface area contributed by atoms with Gasteiger partial charge in [-0.05, 0) is 53.4 Å². The lowest BCUT2D eigenvalue weighted by Gasteiger charge is -2.22. The van der Waals surface area contributed by atoms with Crippen molar-refractivity contribution < 1.29 is 19.0 Å². The summed E-state index contributed by atoms with van der Waals surface area (Å²) in [4.78, 5) is 13.0. The first-order valence-electron chi connectivity index (χ1n) is 9.98. The SMILES string of the molecule is COc1ccc(C[C@H](NC(=O)[C@H]2Cc3ccccc3O2)c2ccc(OC)cc2)cc1. The van der Waals surface area contributed by atoms with Crippen LogP contribution in [0.1, 0.15) is 22.7 Å². The Balaban J connectivity index is 1.52. The van der Waals surface area contributed by atoms with Gasteiger partial charge in [-0.3, -0.25) is 4.79 Å². The monoisotopic (exact) mass is 403 g/mol. The minimum Gasteiger partial charge on any atom is -0.497 e. The predicted molar refractivity (Wildman–Crippen MR) is 115 cm³/mol. The number of nitrogens with one attached hydrogen (secondary N) is 1. The molecule has 1 heterocycles. The molecule has 1 N–H and O–H groups in total. The lowest BCUT2D eigenvalue weighted by Crippen LogP contribution is -2.40. The highest BCUT2D eigenvalue weighted by atomic mass is 16.5. The fourth-order valence-electron chi connectivity index (χ4n) is 3.68. The third-order valence-corrected chi connectivity index (χ3v) is 5.37. The molecule has 1 amide bonds. The number of hydrogen-bond donors (Lipinski definition) is 1. The summed E-state index contributed by atoms with van der Waals surface area (Å²) in [6, 6.07) is 23.3. The highest BCUT2D eigenvalue weighted by molar-refractivity contribution is 5.83. The number of carbonyl (C=O) groups excluding carboxylic acids is 1. The summed E-state index contributed by atoms with van der Waals surface area (Å²) < 4.78 is 16.4. The molecule has 30 heavy (non-hydrogen) atoms. The number of benzene rings is 3.